The summed E-state index contributed by atoms with van der Waals surface area (Å²) >= 11 is 0. The lowest BCUT2D eigenvalue weighted by Crippen LogP contribution is -2.26. The minimum absolute atomic E-state index is 0.214. The molecule has 72 valence electrons. The van der Waals surface area contributed by atoms with E-state index in [0.29, 0.717) is 0 Å². The zero-order valence-corrected chi connectivity index (χ0v) is 7.48. The van der Waals surface area contributed by atoms with Crippen LogP contribution in [-0.4, -0.2) is 17.0 Å². The Morgan fingerprint density at radius 1 is 1.46 bits per heavy atom. The molecular formula is C9H11O4-. The van der Waals surface area contributed by atoms with E-state index in [4.69, 9.17) is 5.11 Å². The first-order valence-electron chi connectivity index (χ1n) is 3.99. The average Bonchev–Trinajstić information content (AvgIpc) is 2.48. The molecule has 1 N–H and O–H groups in total. The van der Waals surface area contributed by atoms with Crippen LogP contribution < -0.4 is 5.11 Å². The van der Waals surface area contributed by atoms with Gasteiger partial charge in [0.15, 0.2) is 0 Å². The van der Waals surface area contributed by atoms with Crippen LogP contribution in [0.15, 0.2) is 12.2 Å². The summed E-state index contributed by atoms with van der Waals surface area (Å²) in [4.78, 5) is 20.7. The minimum Gasteiger partial charge on any atom is -0.550 e. The van der Waals surface area contributed by atoms with Gasteiger partial charge in [-0.3, -0.25) is 0 Å². The van der Waals surface area contributed by atoms with Crippen LogP contribution in [-0.2, 0) is 9.59 Å². The van der Waals surface area contributed by atoms with Crippen molar-refractivity contribution >= 4 is 11.9 Å². The molecule has 1 rings (SSSR count). The fourth-order valence-corrected chi connectivity index (χ4v) is 1.67. The molecule has 0 radical (unpaired) electrons. The van der Waals surface area contributed by atoms with E-state index in [0.717, 1.165) is 6.08 Å². The molecule has 4 heteroatoms. The second kappa shape index (κ2) is 2.87. The van der Waals surface area contributed by atoms with Gasteiger partial charge in [0.1, 0.15) is 0 Å². The zero-order chi connectivity index (χ0) is 10.2. The second-order valence-electron chi connectivity index (χ2n) is 3.84. The summed E-state index contributed by atoms with van der Waals surface area (Å²) < 4.78 is 0. The van der Waals surface area contributed by atoms with Gasteiger partial charge in [0.25, 0.3) is 0 Å². The molecule has 4 nitrogen and oxygen atoms in total. The van der Waals surface area contributed by atoms with Crippen LogP contribution in [0.3, 0.4) is 0 Å². The first-order valence-corrected chi connectivity index (χ1v) is 3.99. The van der Waals surface area contributed by atoms with E-state index >= 15 is 0 Å². The Labute approximate surface area is 75.9 Å². The fourth-order valence-electron chi connectivity index (χ4n) is 1.67. The molecule has 2 atom stereocenters. The van der Waals surface area contributed by atoms with Crippen molar-refractivity contribution in [3.05, 3.63) is 12.2 Å². The molecule has 0 aromatic rings. The quantitative estimate of drug-likeness (QED) is 0.606. The van der Waals surface area contributed by atoms with E-state index in [2.05, 4.69) is 0 Å². The molecule has 0 bridgehead atoms. The Kier molecular flexibility index (Phi) is 2.15. The Balaban J connectivity index is 2.66. The molecule has 1 fully saturated rings. The van der Waals surface area contributed by atoms with Gasteiger partial charge >= 0.3 is 5.97 Å². The summed E-state index contributed by atoms with van der Waals surface area (Å²) in [5.41, 5.74) is -0.370. The monoisotopic (exact) mass is 183 g/mol. The number of carbonyl (C=O) groups is 2. The molecular weight excluding hydrogens is 172 g/mol. The van der Waals surface area contributed by atoms with Crippen molar-refractivity contribution in [3.63, 3.8) is 0 Å². The maximum absolute atomic E-state index is 10.5. The van der Waals surface area contributed by atoms with Crippen LogP contribution in [0, 0.1) is 17.3 Å². The Hall–Kier alpha value is -1.32. The standard InChI is InChI=1S/C9H12O4/c1-9(2)5(3-4-6(10)11)7(9)8(12)13/h3-5,7H,1-2H3,(H,10,11)(H,12,13)/p-1/b4-3-. The molecule has 0 amide bonds. The van der Waals surface area contributed by atoms with Crippen molar-refractivity contribution < 1.29 is 19.8 Å². The van der Waals surface area contributed by atoms with Crippen molar-refractivity contribution in [1.29, 1.82) is 0 Å². The molecule has 1 aliphatic rings. The molecule has 0 heterocycles. The van der Waals surface area contributed by atoms with Crippen molar-refractivity contribution in [3.8, 4) is 0 Å². The van der Waals surface area contributed by atoms with Gasteiger partial charge in [-0.05, 0) is 11.3 Å². The third-order valence-corrected chi connectivity index (χ3v) is 2.61. The van der Waals surface area contributed by atoms with E-state index < -0.39 is 17.9 Å². The SMILES string of the molecule is CC1(C)C(/C=C\C(=O)O)C1C(=O)[O-]. The number of allylic oxidation sites excluding steroid dienone is 1. The summed E-state index contributed by atoms with van der Waals surface area (Å²) in [5, 5.41) is 18.9. The smallest absolute Gasteiger partial charge is 0.327 e. The molecule has 0 aromatic carbocycles. The fraction of sp³-hybridized carbons (Fsp3) is 0.556. The van der Waals surface area contributed by atoms with Crippen molar-refractivity contribution in [2.75, 3.05) is 0 Å². The number of carboxylic acids is 2. The van der Waals surface area contributed by atoms with Crippen molar-refractivity contribution in [2.45, 2.75) is 13.8 Å². The van der Waals surface area contributed by atoms with Gasteiger partial charge in [0.05, 0.1) is 0 Å². The van der Waals surface area contributed by atoms with Gasteiger partial charge in [-0.2, -0.15) is 0 Å². The highest BCUT2D eigenvalue weighted by Gasteiger charge is 2.56. The number of rotatable bonds is 3. The van der Waals surface area contributed by atoms with Crippen LogP contribution in [0.5, 0.6) is 0 Å². The third kappa shape index (κ3) is 1.71. The Morgan fingerprint density at radius 3 is 2.31 bits per heavy atom. The zero-order valence-electron chi connectivity index (χ0n) is 7.48. The van der Waals surface area contributed by atoms with E-state index in [1.165, 1.54) is 6.08 Å². The van der Waals surface area contributed by atoms with E-state index in [1.54, 1.807) is 13.8 Å². The van der Waals surface area contributed by atoms with Crippen LogP contribution in [0.25, 0.3) is 0 Å². The maximum Gasteiger partial charge on any atom is 0.327 e. The number of carboxylic acid groups (broad SMARTS) is 2. The van der Waals surface area contributed by atoms with Gasteiger partial charge in [-0.15, -0.1) is 0 Å². The van der Waals surface area contributed by atoms with Crippen LogP contribution in [0.2, 0.25) is 0 Å². The Bertz CT molecular complexity index is 277. The molecule has 0 aromatic heterocycles. The number of hydrogen-bond acceptors (Lipinski definition) is 3. The molecule has 0 aliphatic heterocycles. The van der Waals surface area contributed by atoms with Gasteiger partial charge in [0, 0.05) is 18.0 Å². The van der Waals surface area contributed by atoms with Gasteiger partial charge in [0.2, 0.25) is 0 Å². The maximum atomic E-state index is 10.5. The number of hydrogen-bond donors (Lipinski definition) is 1. The largest absolute Gasteiger partial charge is 0.550 e. The van der Waals surface area contributed by atoms with Crippen LogP contribution >= 0.6 is 0 Å². The van der Waals surface area contributed by atoms with E-state index in [9.17, 15) is 14.7 Å². The predicted molar refractivity (Wildman–Crippen MR) is 42.5 cm³/mol. The first-order chi connectivity index (χ1) is 5.87. The van der Waals surface area contributed by atoms with Gasteiger partial charge < -0.3 is 15.0 Å². The Morgan fingerprint density at radius 2 is 2.00 bits per heavy atom. The summed E-state index contributed by atoms with van der Waals surface area (Å²) in [6.07, 6.45) is 2.40. The lowest BCUT2D eigenvalue weighted by atomic mass is 10.1. The summed E-state index contributed by atoms with van der Waals surface area (Å²) in [5.74, 6) is -2.93. The normalized spacial score (nSPS) is 30.3. The first kappa shape index (κ1) is 9.77. The summed E-state index contributed by atoms with van der Waals surface area (Å²) in [6.45, 7) is 3.56. The highest BCUT2D eigenvalue weighted by Crippen LogP contribution is 2.58. The van der Waals surface area contributed by atoms with Crippen molar-refractivity contribution in [2.24, 2.45) is 17.3 Å². The molecule has 0 spiro atoms. The van der Waals surface area contributed by atoms with Crippen LogP contribution in [0.1, 0.15) is 13.8 Å². The lowest BCUT2D eigenvalue weighted by molar-refractivity contribution is -0.309. The highest BCUT2D eigenvalue weighted by molar-refractivity contribution is 5.81. The van der Waals surface area contributed by atoms with Gasteiger partial charge in [-0.1, -0.05) is 19.9 Å². The van der Waals surface area contributed by atoms with Crippen molar-refractivity contribution in [1.82, 2.24) is 0 Å². The van der Waals surface area contributed by atoms with E-state index in [-0.39, 0.29) is 11.3 Å². The van der Waals surface area contributed by atoms with E-state index in [1.807, 2.05) is 0 Å². The molecule has 1 aliphatic carbocycles. The molecule has 1 saturated carbocycles. The lowest BCUT2D eigenvalue weighted by Gasteiger charge is -2.01. The van der Waals surface area contributed by atoms with Crippen LogP contribution in [0.4, 0.5) is 0 Å². The average molecular weight is 183 g/mol. The van der Waals surface area contributed by atoms with Gasteiger partial charge in [-0.25, -0.2) is 4.79 Å². The number of aliphatic carboxylic acids is 2. The predicted octanol–water partition coefficient (Wildman–Crippen LogP) is -0.351. The summed E-state index contributed by atoms with van der Waals surface area (Å²) in [7, 11) is 0. The second-order valence-corrected chi connectivity index (χ2v) is 3.84. The minimum atomic E-state index is -1.11. The summed E-state index contributed by atoms with van der Waals surface area (Å²) in [6, 6.07) is 0. The molecule has 13 heavy (non-hydrogen) atoms. The third-order valence-electron chi connectivity index (χ3n) is 2.61. The number of carbonyl (C=O) groups excluding carboxylic acids is 1. The highest BCUT2D eigenvalue weighted by atomic mass is 16.4. The molecule has 2 unspecified atom stereocenters. The topological polar surface area (TPSA) is 77.4 Å². The molecule has 0 saturated heterocycles.